The van der Waals surface area contributed by atoms with Crippen LogP contribution in [-0.2, 0) is 15.0 Å². The Labute approximate surface area is 115 Å². The van der Waals surface area contributed by atoms with Gasteiger partial charge >= 0.3 is 12.1 Å². The van der Waals surface area contributed by atoms with Gasteiger partial charge in [-0.1, -0.05) is 6.92 Å². The zero-order valence-electron chi connectivity index (χ0n) is 10.9. The van der Waals surface area contributed by atoms with Crippen LogP contribution in [-0.4, -0.2) is 60.5 Å². The van der Waals surface area contributed by atoms with E-state index in [2.05, 4.69) is 0 Å². The minimum Gasteiger partial charge on any atom is -0.480 e. The van der Waals surface area contributed by atoms with Gasteiger partial charge in [0.15, 0.2) is 0 Å². The van der Waals surface area contributed by atoms with Gasteiger partial charge in [0.05, 0.1) is 0 Å². The van der Waals surface area contributed by atoms with E-state index in [9.17, 15) is 26.4 Å². The Morgan fingerprint density at radius 1 is 1.35 bits per heavy atom. The first-order chi connectivity index (χ1) is 9.02. The monoisotopic (exact) mass is 318 g/mol. The number of carbonyl (C=O) groups is 1. The summed E-state index contributed by atoms with van der Waals surface area (Å²) in [7, 11) is -4.41. The lowest BCUT2D eigenvalue weighted by atomic mass is 10.0. The highest BCUT2D eigenvalue weighted by Crippen LogP contribution is 2.24. The smallest absolute Gasteiger partial charge is 0.402 e. The average Bonchev–Trinajstić information content (AvgIpc) is 2.26. The van der Waals surface area contributed by atoms with E-state index < -0.39 is 35.4 Å². The summed E-state index contributed by atoms with van der Waals surface area (Å²) in [6.07, 6.45) is -3.69. The minimum atomic E-state index is -4.79. The number of aliphatic carboxylic acids is 1. The fraction of sp³-hybridized carbons (Fsp3) is 0.900. The minimum absolute atomic E-state index is 0.0364. The van der Waals surface area contributed by atoms with Gasteiger partial charge in [-0.25, -0.2) is 0 Å². The number of hydrogen-bond acceptors (Lipinski definition) is 3. The van der Waals surface area contributed by atoms with E-state index in [-0.39, 0.29) is 17.4 Å². The molecule has 0 amide bonds. The van der Waals surface area contributed by atoms with Crippen molar-refractivity contribution in [2.24, 2.45) is 5.92 Å². The molecule has 0 unspecified atom stereocenters. The van der Waals surface area contributed by atoms with Crippen LogP contribution in [0.1, 0.15) is 19.8 Å². The van der Waals surface area contributed by atoms with Gasteiger partial charge < -0.3 is 5.11 Å². The van der Waals surface area contributed by atoms with Crippen molar-refractivity contribution in [3.63, 3.8) is 0 Å². The first-order valence-corrected chi connectivity index (χ1v) is 7.46. The molecule has 0 aliphatic carbocycles. The third-order valence-corrected chi connectivity index (χ3v) is 4.99. The van der Waals surface area contributed by atoms with Gasteiger partial charge in [-0.2, -0.15) is 30.2 Å². The largest absolute Gasteiger partial charge is 0.480 e. The molecule has 0 bridgehead atoms. The molecule has 1 heterocycles. The van der Waals surface area contributed by atoms with Gasteiger partial charge in [-0.15, -0.1) is 0 Å². The van der Waals surface area contributed by atoms with Crippen molar-refractivity contribution < 1.29 is 31.5 Å². The number of alkyl halides is 3. The first kappa shape index (κ1) is 17.2. The Hall–Kier alpha value is -0.870. The predicted molar refractivity (Wildman–Crippen MR) is 64.2 cm³/mol. The molecule has 0 aromatic carbocycles. The quantitative estimate of drug-likeness (QED) is 0.817. The molecular formula is C10H17F3N2O4S. The summed E-state index contributed by atoms with van der Waals surface area (Å²) in [5, 5.41) is 8.59. The molecule has 1 saturated heterocycles. The second-order valence-corrected chi connectivity index (χ2v) is 6.79. The van der Waals surface area contributed by atoms with Crippen molar-refractivity contribution in [3.05, 3.63) is 0 Å². The molecule has 20 heavy (non-hydrogen) atoms. The Balaban J connectivity index is 2.89. The number of rotatable bonds is 5. The summed E-state index contributed by atoms with van der Waals surface area (Å²) < 4.78 is 62.3. The predicted octanol–water partition coefficient (Wildman–Crippen LogP) is 0.912. The summed E-state index contributed by atoms with van der Waals surface area (Å²) in [5.74, 6) is -1.32. The van der Waals surface area contributed by atoms with E-state index in [4.69, 9.17) is 5.11 Å². The molecule has 118 valence electrons. The van der Waals surface area contributed by atoms with Crippen molar-refractivity contribution in [1.82, 2.24) is 8.61 Å². The van der Waals surface area contributed by atoms with Crippen molar-refractivity contribution >= 4 is 16.2 Å². The van der Waals surface area contributed by atoms with Crippen molar-refractivity contribution in [1.29, 1.82) is 0 Å². The van der Waals surface area contributed by atoms with Crippen molar-refractivity contribution in [3.8, 4) is 0 Å². The van der Waals surface area contributed by atoms with Crippen LogP contribution in [0.3, 0.4) is 0 Å². The second-order valence-electron chi connectivity index (χ2n) is 4.87. The van der Waals surface area contributed by atoms with E-state index in [1.54, 1.807) is 0 Å². The van der Waals surface area contributed by atoms with E-state index in [1.165, 1.54) is 0 Å². The summed E-state index contributed by atoms with van der Waals surface area (Å²) in [6.45, 7) is -0.856. The molecule has 1 N–H and O–H groups in total. The number of halogens is 3. The summed E-state index contributed by atoms with van der Waals surface area (Å²) in [4.78, 5) is 10.6. The average molecular weight is 318 g/mol. The molecule has 0 saturated carbocycles. The number of piperidine rings is 1. The number of carboxylic acid groups (broad SMARTS) is 1. The molecule has 6 nitrogen and oxygen atoms in total. The fourth-order valence-electron chi connectivity index (χ4n) is 1.95. The molecule has 0 atom stereocenters. The maximum absolute atomic E-state index is 12.4. The zero-order valence-corrected chi connectivity index (χ0v) is 11.7. The zero-order chi connectivity index (χ0) is 15.6. The Kier molecular flexibility index (Phi) is 5.39. The standard InChI is InChI=1S/C10H17F3N2O4S/c1-8-2-4-14(5-3-8)20(18,19)15(6-9(16)17)7-10(11,12)13/h8H,2-7H2,1H3,(H,16,17). The molecule has 1 aliphatic heterocycles. The lowest BCUT2D eigenvalue weighted by Crippen LogP contribution is -2.51. The lowest BCUT2D eigenvalue weighted by Gasteiger charge is -2.33. The van der Waals surface area contributed by atoms with Gasteiger partial charge in [-0.3, -0.25) is 4.79 Å². The topological polar surface area (TPSA) is 77.9 Å². The highest BCUT2D eigenvalue weighted by Gasteiger charge is 2.40. The highest BCUT2D eigenvalue weighted by molar-refractivity contribution is 7.86. The van der Waals surface area contributed by atoms with Gasteiger partial charge in [0, 0.05) is 13.1 Å². The van der Waals surface area contributed by atoms with E-state index in [1.807, 2.05) is 6.92 Å². The maximum atomic E-state index is 12.4. The summed E-state index contributed by atoms with van der Waals surface area (Å²) in [5.41, 5.74) is 0. The first-order valence-electron chi connectivity index (χ1n) is 6.06. The number of carboxylic acids is 1. The molecule has 1 aliphatic rings. The lowest BCUT2D eigenvalue weighted by molar-refractivity contribution is -0.146. The van der Waals surface area contributed by atoms with Crippen LogP contribution in [0.25, 0.3) is 0 Å². The fourth-order valence-corrected chi connectivity index (χ4v) is 3.53. The molecule has 10 heteroatoms. The molecule has 1 fully saturated rings. The van der Waals surface area contributed by atoms with Crippen LogP contribution in [0.4, 0.5) is 13.2 Å². The molecule has 0 aromatic rings. The van der Waals surface area contributed by atoms with Crippen LogP contribution >= 0.6 is 0 Å². The van der Waals surface area contributed by atoms with Gasteiger partial charge in [0.25, 0.3) is 10.2 Å². The third-order valence-electron chi connectivity index (χ3n) is 3.06. The van der Waals surface area contributed by atoms with Crippen LogP contribution in [0, 0.1) is 5.92 Å². The van der Waals surface area contributed by atoms with Crippen molar-refractivity contribution in [2.45, 2.75) is 25.9 Å². The van der Waals surface area contributed by atoms with Crippen LogP contribution in [0.5, 0.6) is 0 Å². The Morgan fingerprint density at radius 2 is 1.85 bits per heavy atom. The molecular weight excluding hydrogens is 301 g/mol. The van der Waals surface area contributed by atoms with Gasteiger partial charge in [0.1, 0.15) is 13.1 Å². The summed E-state index contributed by atoms with van der Waals surface area (Å²) in [6, 6.07) is 0. The number of hydrogen-bond donors (Lipinski definition) is 1. The van der Waals surface area contributed by atoms with Gasteiger partial charge in [-0.05, 0) is 18.8 Å². The number of nitrogens with zero attached hydrogens (tertiary/aromatic N) is 2. The third kappa shape index (κ3) is 4.91. The summed E-state index contributed by atoms with van der Waals surface area (Å²) >= 11 is 0. The highest BCUT2D eigenvalue weighted by atomic mass is 32.2. The molecule has 0 spiro atoms. The normalized spacial score (nSPS) is 19.4. The molecule has 0 radical (unpaired) electrons. The second kappa shape index (κ2) is 6.27. The van der Waals surface area contributed by atoms with Crippen LogP contribution in [0.15, 0.2) is 0 Å². The molecule has 0 aromatic heterocycles. The molecule has 1 rings (SSSR count). The Bertz CT molecular complexity index is 444. The van der Waals surface area contributed by atoms with E-state index in [0.717, 1.165) is 4.31 Å². The van der Waals surface area contributed by atoms with Crippen molar-refractivity contribution in [2.75, 3.05) is 26.2 Å². The van der Waals surface area contributed by atoms with E-state index >= 15 is 0 Å². The van der Waals surface area contributed by atoms with Crippen LogP contribution in [0.2, 0.25) is 0 Å². The van der Waals surface area contributed by atoms with Gasteiger partial charge in [0.2, 0.25) is 0 Å². The SMILES string of the molecule is CC1CCN(S(=O)(=O)N(CC(=O)O)CC(F)(F)F)CC1. The maximum Gasteiger partial charge on any atom is 0.402 e. The van der Waals surface area contributed by atoms with E-state index in [0.29, 0.717) is 18.8 Å². The van der Waals surface area contributed by atoms with Crippen LogP contribution < -0.4 is 0 Å². The Morgan fingerprint density at radius 3 is 2.25 bits per heavy atom.